The summed E-state index contributed by atoms with van der Waals surface area (Å²) in [6, 6.07) is 10.4. The molecule has 1 aliphatic rings. The number of hydrogen-bond donors (Lipinski definition) is 1. The van der Waals surface area contributed by atoms with Crippen LogP contribution in [0.3, 0.4) is 0 Å². The summed E-state index contributed by atoms with van der Waals surface area (Å²) >= 11 is 0. The monoisotopic (exact) mass is 285 g/mol. The summed E-state index contributed by atoms with van der Waals surface area (Å²) in [5.41, 5.74) is 3.72. The molecule has 0 fully saturated rings. The van der Waals surface area contributed by atoms with Gasteiger partial charge in [0.15, 0.2) is 0 Å². The van der Waals surface area contributed by atoms with Crippen LogP contribution < -0.4 is 5.32 Å². The van der Waals surface area contributed by atoms with Crippen LogP contribution in [-0.2, 0) is 24.2 Å². The van der Waals surface area contributed by atoms with Gasteiger partial charge in [-0.3, -0.25) is 0 Å². The fraction of sp³-hybridized carbons (Fsp3) is 0.471. The first-order chi connectivity index (χ1) is 10.3. The van der Waals surface area contributed by atoms with Crippen molar-refractivity contribution in [2.45, 2.75) is 39.5 Å². The number of nitrogens with one attached hydrogen (secondary N) is 1. The van der Waals surface area contributed by atoms with Gasteiger partial charge in [-0.2, -0.15) is 0 Å². The van der Waals surface area contributed by atoms with Crippen LogP contribution in [-0.4, -0.2) is 28.8 Å². The zero-order valence-corrected chi connectivity index (χ0v) is 12.8. The molecule has 0 radical (unpaired) electrons. The molecule has 0 unspecified atom stereocenters. The smallest absolute Gasteiger partial charge is 0.140 e. The molecule has 0 saturated carbocycles. The molecule has 1 aromatic carbocycles. The summed E-state index contributed by atoms with van der Waals surface area (Å²) in [5, 5.41) is 3.40. The molecule has 112 valence electrons. The van der Waals surface area contributed by atoms with Gasteiger partial charge < -0.3 is 14.6 Å². The van der Waals surface area contributed by atoms with Crippen LogP contribution in [0.25, 0.3) is 11.4 Å². The zero-order valence-electron chi connectivity index (χ0n) is 12.8. The molecule has 0 spiro atoms. The molecular weight excluding hydrogens is 262 g/mol. The lowest BCUT2D eigenvalue weighted by atomic mass is 10.2. The number of nitrogens with zero attached hydrogens (tertiary/aromatic N) is 2. The van der Waals surface area contributed by atoms with Crippen LogP contribution in [0, 0.1) is 0 Å². The molecule has 2 heterocycles. The van der Waals surface area contributed by atoms with Crippen molar-refractivity contribution in [3.05, 3.63) is 41.7 Å². The normalized spacial score (nSPS) is 14.4. The Hall–Kier alpha value is -1.65. The summed E-state index contributed by atoms with van der Waals surface area (Å²) in [6.45, 7) is 7.64. The first-order valence-electron chi connectivity index (χ1n) is 7.71. The standard InChI is InChI=1S/C17H23N3O/c1-13(2)21-11-10-20-16-8-9-18-12-15(16)19-17(20)14-6-4-3-5-7-14/h3-7,13,18H,8-12H2,1-2H3. The second-order valence-electron chi connectivity index (χ2n) is 5.69. The van der Waals surface area contributed by atoms with Gasteiger partial charge in [-0.1, -0.05) is 30.3 Å². The number of fused-ring (bicyclic) bond motifs is 1. The van der Waals surface area contributed by atoms with Crippen molar-refractivity contribution in [3.8, 4) is 11.4 Å². The van der Waals surface area contributed by atoms with E-state index in [0.29, 0.717) is 0 Å². The first-order valence-corrected chi connectivity index (χ1v) is 7.71. The van der Waals surface area contributed by atoms with Gasteiger partial charge in [0.05, 0.1) is 18.4 Å². The van der Waals surface area contributed by atoms with Crippen molar-refractivity contribution in [1.82, 2.24) is 14.9 Å². The first kappa shape index (κ1) is 14.3. The Labute approximate surface area is 126 Å². The highest BCUT2D eigenvalue weighted by molar-refractivity contribution is 5.57. The van der Waals surface area contributed by atoms with Gasteiger partial charge in [0.25, 0.3) is 0 Å². The molecule has 0 atom stereocenters. The summed E-state index contributed by atoms with van der Waals surface area (Å²) in [4.78, 5) is 4.86. The van der Waals surface area contributed by atoms with E-state index in [1.807, 2.05) is 6.07 Å². The van der Waals surface area contributed by atoms with E-state index in [0.717, 1.165) is 38.5 Å². The van der Waals surface area contributed by atoms with Crippen LogP contribution in [0.1, 0.15) is 25.2 Å². The van der Waals surface area contributed by atoms with Crippen molar-refractivity contribution >= 4 is 0 Å². The lowest BCUT2D eigenvalue weighted by molar-refractivity contribution is 0.0725. The maximum absolute atomic E-state index is 5.73. The number of aromatic nitrogens is 2. The summed E-state index contributed by atoms with van der Waals surface area (Å²) in [6.07, 6.45) is 1.31. The van der Waals surface area contributed by atoms with Gasteiger partial charge in [0, 0.05) is 37.3 Å². The number of hydrogen-bond acceptors (Lipinski definition) is 3. The fourth-order valence-corrected chi connectivity index (χ4v) is 2.80. The Balaban J connectivity index is 1.92. The number of ether oxygens (including phenoxy) is 1. The summed E-state index contributed by atoms with van der Waals surface area (Å²) in [5.74, 6) is 1.07. The highest BCUT2D eigenvalue weighted by atomic mass is 16.5. The minimum atomic E-state index is 0.270. The minimum absolute atomic E-state index is 0.270. The summed E-state index contributed by atoms with van der Waals surface area (Å²) < 4.78 is 8.07. The topological polar surface area (TPSA) is 39.1 Å². The molecule has 4 heteroatoms. The molecule has 0 amide bonds. The molecule has 0 bridgehead atoms. The number of benzene rings is 1. The van der Waals surface area contributed by atoms with Crippen LogP contribution in [0.15, 0.2) is 30.3 Å². The molecule has 0 saturated heterocycles. The molecule has 21 heavy (non-hydrogen) atoms. The van der Waals surface area contributed by atoms with E-state index in [1.165, 1.54) is 17.0 Å². The SMILES string of the molecule is CC(C)OCCn1c(-c2ccccc2)nc2c1CCNC2. The van der Waals surface area contributed by atoms with Crippen LogP contribution >= 0.6 is 0 Å². The zero-order chi connectivity index (χ0) is 14.7. The van der Waals surface area contributed by atoms with Crippen molar-refractivity contribution in [1.29, 1.82) is 0 Å². The van der Waals surface area contributed by atoms with E-state index >= 15 is 0 Å². The van der Waals surface area contributed by atoms with E-state index in [1.54, 1.807) is 0 Å². The summed E-state index contributed by atoms with van der Waals surface area (Å²) in [7, 11) is 0. The maximum Gasteiger partial charge on any atom is 0.140 e. The number of rotatable bonds is 5. The van der Waals surface area contributed by atoms with E-state index in [-0.39, 0.29) is 6.10 Å². The molecule has 3 rings (SSSR count). The lowest BCUT2D eigenvalue weighted by Crippen LogP contribution is -2.25. The largest absolute Gasteiger partial charge is 0.377 e. The van der Waals surface area contributed by atoms with Gasteiger partial charge in [-0.05, 0) is 13.8 Å². The van der Waals surface area contributed by atoms with Gasteiger partial charge in [0.2, 0.25) is 0 Å². The van der Waals surface area contributed by atoms with Crippen LogP contribution in [0.5, 0.6) is 0 Å². The van der Waals surface area contributed by atoms with Crippen LogP contribution in [0.2, 0.25) is 0 Å². The minimum Gasteiger partial charge on any atom is -0.377 e. The third-order valence-corrected chi connectivity index (χ3v) is 3.78. The second kappa shape index (κ2) is 6.41. The van der Waals surface area contributed by atoms with Gasteiger partial charge in [-0.25, -0.2) is 4.98 Å². The van der Waals surface area contributed by atoms with Crippen molar-refractivity contribution in [2.24, 2.45) is 0 Å². The highest BCUT2D eigenvalue weighted by Crippen LogP contribution is 2.24. The predicted molar refractivity (Wildman–Crippen MR) is 84.2 cm³/mol. The molecule has 4 nitrogen and oxygen atoms in total. The maximum atomic E-state index is 5.73. The van der Waals surface area contributed by atoms with E-state index in [9.17, 15) is 0 Å². The Kier molecular flexibility index (Phi) is 4.36. The molecule has 0 aliphatic carbocycles. The van der Waals surface area contributed by atoms with Crippen molar-refractivity contribution in [3.63, 3.8) is 0 Å². The van der Waals surface area contributed by atoms with Crippen molar-refractivity contribution in [2.75, 3.05) is 13.2 Å². The van der Waals surface area contributed by atoms with E-state index in [4.69, 9.17) is 9.72 Å². The van der Waals surface area contributed by atoms with Gasteiger partial charge in [0.1, 0.15) is 5.82 Å². The Morgan fingerprint density at radius 2 is 2.10 bits per heavy atom. The van der Waals surface area contributed by atoms with Gasteiger partial charge >= 0.3 is 0 Å². The second-order valence-corrected chi connectivity index (χ2v) is 5.69. The highest BCUT2D eigenvalue weighted by Gasteiger charge is 2.20. The molecule has 1 N–H and O–H groups in total. The molecule has 1 aromatic heterocycles. The van der Waals surface area contributed by atoms with Crippen molar-refractivity contribution < 1.29 is 4.74 Å². The average Bonchev–Trinajstić information content (AvgIpc) is 2.87. The van der Waals surface area contributed by atoms with Gasteiger partial charge in [-0.15, -0.1) is 0 Å². The fourth-order valence-electron chi connectivity index (χ4n) is 2.80. The predicted octanol–water partition coefficient (Wildman–Crippen LogP) is 2.62. The molecule has 1 aliphatic heterocycles. The number of imidazole rings is 1. The Bertz CT molecular complexity index is 590. The quantitative estimate of drug-likeness (QED) is 0.918. The van der Waals surface area contributed by atoms with E-state index < -0.39 is 0 Å². The Morgan fingerprint density at radius 1 is 1.29 bits per heavy atom. The van der Waals surface area contributed by atoms with E-state index in [2.05, 4.69) is 48.0 Å². The third-order valence-electron chi connectivity index (χ3n) is 3.78. The average molecular weight is 285 g/mol. The van der Waals surface area contributed by atoms with Crippen LogP contribution in [0.4, 0.5) is 0 Å². The molecule has 2 aromatic rings. The Morgan fingerprint density at radius 3 is 2.86 bits per heavy atom. The molecular formula is C17H23N3O. The lowest BCUT2D eigenvalue weighted by Gasteiger charge is -2.17. The third kappa shape index (κ3) is 3.17.